The van der Waals surface area contributed by atoms with Crippen LogP contribution in [0.15, 0.2) is 0 Å². The molecule has 0 radical (unpaired) electrons. The van der Waals surface area contributed by atoms with E-state index in [1.807, 2.05) is 30.5 Å². The quantitative estimate of drug-likeness (QED) is 0.742. The second-order valence-electron chi connectivity index (χ2n) is 6.76. The molecule has 1 atom stereocenters. The van der Waals surface area contributed by atoms with E-state index < -0.39 is 0 Å². The van der Waals surface area contributed by atoms with Crippen molar-refractivity contribution in [3.63, 3.8) is 0 Å². The van der Waals surface area contributed by atoms with Gasteiger partial charge in [0.15, 0.2) is 0 Å². The first kappa shape index (κ1) is 17.6. The molecule has 1 saturated heterocycles. The number of thioether (sulfide) groups is 1. The number of aliphatic hydroxyl groups is 1. The van der Waals surface area contributed by atoms with E-state index in [0.29, 0.717) is 17.7 Å². The Labute approximate surface area is 127 Å². The molecule has 1 aliphatic rings. The van der Waals surface area contributed by atoms with Gasteiger partial charge in [-0.1, -0.05) is 27.7 Å². The summed E-state index contributed by atoms with van der Waals surface area (Å²) in [4.78, 5) is 14.1. The molecule has 2 N–H and O–H groups in total. The van der Waals surface area contributed by atoms with Crippen LogP contribution in [0.1, 0.15) is 40.5 Å². The van der Waals surface area contributed by atoms with E-state index in [0.717, 1.165) is 31.7 Å². The van der Waals surface area contributed by atoms with Gasteiger partial charge in [-0.15, -0.1) is 0 Å². The van der Waals surface area contributed by atoms with Crippen LogP contribution in [0.3, 0.4) is 0 Å². The second-order valence-corrected chi connectivity index (χ2v) is 8.10. The summed E-state index contributed by atoms with van der Waals surface area (Å²) in [6.07, 6.45) is 1.84. The van der Waals surface area contributed by atoms with Gasteiger partial charge in [-0.05, 0) is 24.2 Å². The van der Waals surface area contributed by atoms with Crippen LogP contribution < -0.4 is 5.32 Å². The van der Waals surface area contributed by atoms with Gasteiger partial charge in [-0.3, -0.25) is 0 Å². The van der Waals surface area contributed by atoms with E-state index in [1.165, 1.54) is 0 Å². The highest BCUT2D eigenvalue weighted by molar-refractivity contribution is 8.00. The van der Waals surface area contributed by atoms with E-state index in [1.54, 1.807) is 0 Å². The van der Waals surface area contributed by atoms with Crippen molar-refractivity contribution in [3.8, 4) is 0 Å². The molecule has 0 aromatic rings. The molecule has 5 heteroatoms. The summed E-state index contributed by atoms with van der Waals surface area (Å²) >= 11 is 1.98. The maximum atomic E-state index is 12.1. The molecule has 0 saturated carbocycles. The molecule has 20 heavy (non-hydrogen) atoms. The number of rotatable bonds is 6. The molecule has 1 fully saturated rings. The van der Waals surface area contributed by atoms with E-state index in [-0.39, 0.29) is 18.1 Å². The molecule has 1 heterocycles. The smallest absolute Gasteiger partial charge is 0.317 e. The number of carbonyl (C=O) groups is 1. The molecule has 0 spiro atoms. The Morgan fingerprint density at radius 3 is 2.80 bits per heavy atom. The number of nitrogens with zero attached hydrogens (tertiary/aromatic N) is 1. The number of urea groups is 1. The van der Waals surface area contributed by atoms with Crippen LogP contribution in [0, 0.1) is 11.3 Å². The molecule has 0 bridgehead atoms. The highest BCUT2D eigenvalue weighted by Crippen LogP contribution is 2.25. The topological polar surface area (TPSA) is 52.6 Å². The van der Waals surface area contributed by atoms with Gasteiger partial charge >= 0.3 is 6.03 Å². The van der Waals surface area contributed by atoms with E-state index >= 15 is 0 Å². The molecular weight excluding hydrogens is 272 g/mol. The Bertz CT molecular complexity index is 308. The average Bonchev–Trinajstić information content (AvgIpc) is 2.43. The molecule has 0 aliphatic carbocycles. The van der Waals surface area contributed by atoms with Gasteiger partial charge in [-0.25, -0.2) is 4.79 Å². The Kier molecular flexibility index (Phi) is 7.17. The zero-order valence-corrected chi connectivity index (χ0v) is 14.1. The van der Waals surface area contributed by atoms with E-state index in [2.05, 4.69) is 19.2 Å². The molecule has 0 aromatic heterocycles. The average molecular weight is 302 g/mol. The standard InChI is InChI=1S/C15H30N2O2S/c1-12(2)13-10-17(8-9-20-13)14(19)16-7-5-6-15(3,4)11-18/h12-13,18H,5-11H2,1-4H3,(H,16,19). The van der Waals surface area contributed by atoms with Crippen LogP contribution >= 0.6 is 11.8 Å². The van der Waals surface area contributed by atoms with Crippen LogP contribution in [0.5, 0.6) is 0 Å². The minimum Gasteiger partial charge on any atom is -0.396 e. The normalized spacial score (nSPS) is 20.3. The van der Waals surface area contributed by atoms with Crippen molar-refractivity contribution >= 4 is 17.8 Å². The van der Waals surface area contributed by atoms with Gasteiger partial charge in [0.1, 0.15) is 0 Å². The van der Waals surface area contributed by atoms with Crippen LogP contribution in [0.25, 0.3) is 0 Å². The summed E-state index contributed by atoms with van der Waals surface area (Å²) in [5.41, 5.74) is -0.0464. The van der Waals surface area contributed by atoms with Crippen LogP contribution in [-0.2, 0) is 0 Å². The third kappa shape index (κ3) is 5.92. The van der Waals surface area contributed by atoms with Gasteiger partial charge in [-0.2, -0.15) is 11.8 Å². The summed E-state index contributed by atoms with van der Waals surface area (Å²) in [5.74, 6) is 1.65. The maximum absolute atomic E-state index is 12.1. The molecule has 2 amide bonds. The van der Waals surface area contributed by atoms with Gasteiger partial charge in [0.05, 0.1) is 0 Å². The lowest BCUT2D eigenvalue weighted by Crippen LogP contribution is -2.48. The highest BCUT2D eigenvalue weighted by atomic mass is 32.2. The lowest BCUT2D eigenvalue weighted by molar-refractivity contribution is 0.147. The lowest BCUT2D eigenvalue weighted by atomic mass is 9.89. The lowest BCUT2D eigenvalue weighted by Gasteiger charge is -2.34. The van der Waals surface area contributed by atoms with E-state index in [9.17, 15) is 9.90 Å². The number of aliphatic hydroxyl groups excluding tert-OH is 1. The van der Waals surface area contributed by atoms with Crippen molar-refractivity contribution in [2.75, 3.05) is 32.0 Å². The van der Waals surface area contributed by atoms with Crippen molar-refractivity contribution in [2.24, 2.45) is 11.3 Å². The third-order valence-electron chi connectivity index (χ3n) is 3.86. The predicted octanol–water partition coefficient (Wildman–Crippen LogP) is 2.57. The Morgan fingerprint density at radius 2 is 2.20 bits per heavy atom. The molecule has 0 aromatic carbocycles. The largest absolute Gasteiger partial charge is 0.396 e. The van der Waals surface area contributed by atoms with Crippen LogP contribution in [0.4, 0.5) is 4.79 Å². The Morgan fingerprint density at radius 1 is 1.50 bits per heavy atom. The Hall–Kier alpha value is -0.420. The number of hydrogen-bond donors (Lipinski definition) is 2. The maximum Gasteiger partial charge on any atom is 0.317 e. The number of nitrogens with one attached hydrogen (secondary N) is 1. The van der Waals surface area contributed by atoms with Crippen molar-refractivity contribution in [1.29, 1.82) is 0 Å². The number of hydrogen-bond acceptors (Lipinski definition) is 3. The fraction of sp³-hybridized carbons (Fsp3) is 0.933. The third-order valence-corrected chi connectivity index (χ3v) is 5.40. The van der Waals surface area contributed by atoms with Gasteiger partial charge in [0, 0.05) is 37.2 Å². The highest BCUT2D eigenvalue weighted by Gasteiger charge is 2.25. The van der Waals surface area contributed by atoms with Gasteiger partial charge in [0.25, 0.3) is 0 Å². The number of amides is 2. The second kappa shape index (κ2) is 8.13. The molecule has 118 valence electrons. The van der Waals surface area contributed by atoms with Crippen molar-refractivity contribution in [2.45, 2.75) is 45.8 Å². The minimum absolute atomic E-state index is 0.0464. The summed E-state index contributed by atoms with van der Waals surface area (Å²) in [6, 6.07) is 0.0674. The minimum atomic E-state index is -0.0464. The summed E-state index contributed by atoms with van der Waals surface area (Å²) in [5, 5.41) is 12.8. The number of carbonyl (C=O) groups excluding carboxylic acids is 1. The Balaban J connectivity index is 2.25. The fourth-order valence-electron chi connectivity index (χ4n) is 2.22. The van der Waals surface area contributed by atoms with Gasteiger partial charge < -0.3 is 15.3 Å². The van der Waals surface area contributed by atoms with Crippen molar-refractivity contribution in [1.82, 2.24) is 10.2 Å². The van der Waals surface area contributed by atoms with Crippen LogP contribution in [0.2, 0.25) is 0 Å². The zero-order chi connectivity index (χ0) is 15.2. The summed E-state index contributed by atoms with van der Waals surface area (Å²) in [7, 11) is 0. The SMILES string of the molecule is CC(C)C1CN(C(=O)NCCCC(C)(C)CO)CCS1. The van der Waals surface area contributed by atoms with E-state index in [4.69, 9.17) is 0 Å². The first-order chi connectivity index (χ1) is 9.35. The molecule has 4 nitrogen and oxygen atoms in total. The van der Waals surface area contributed by atoms with Crippen molar-refractivity contribution in [3.05, 3.63) is 0 Å². The predicted molar refractivity (Wildman–Crippen MR) is 86.2 cm³/mol. The first-order valence-electron chi connectivity index (χ1n) is 7.61. The zero-order valence-electron chi connectivity index (χ0n) is 13.3. The van der Waals surface area contributed by atoms with Gasteiger partial charge in [0.2, 0.25) is 0 Å². The molecular formula is C15H30N2O2S. The fourth-order valence-corrected chi connectivity index (χ4v) is 3.52. The monoisotopic (exact) mass is 302 g/mol. The van der Waals surface area contributed by atoms with Crippen molar-refractivity contribution < 1.29 is 9.90 Å². The summed E-state index contributed by atoms with van der Waals surface area (Å²) in [6.45, 7) is 11.1. The first-order valence-corrected chi connectivity index (χ1v) is 8.66. The summed E-state index contributed by atoms with van der Waals surface area (Å²) < 4.78 is 0. The molecule has 1 rings (SSSR count). The van der Waals surface area contributed by atoms with Crippen LogP contribution in [-0.4, -0.2) is 53.3 Å². The molecule has 1 aliphatic heterocycles. The molecule has 1 unspecified atom stereocenters.